The highest BCUT2D eigenvalue weighted by molar-refractivity contribution is 7.10. The third-order valence-corrected chi connectivity index (χ3v) is 6.40. The van der Waals surface area contributed by atoms with Gasteiger partial charge in [0.25, 0.3) is 5.91 Å². The van der Waals surface area contributed by atoms with Crippen molar-refractivity contribution in [2.75, 3.05) is 25.2 Å². The van der Waals surface area contributed by atoms with Gasteiger partial charge < -0.3 is 14.4 Å². The van der Waals surface area contributed by atoms with Crippen LogP contribution in [0, 0.1) is 0 Å². The van der Waals surface area contributed by atoms with Gasteiger partial charge in [-0.15, -0.1) is 11.3 Å². The summed E-state index contributed by atoms with van der Waals surface area (Å²) in [6.07, 6.45) is 6.06. The van der Waals surface area contributed by atoms with Gasteiger partial charge in [-0.25, -0.2) is 4.79 Å². The van der Waals surface area contributed by atoms with E-state index in [1.807, 2.05) is 23.6 Å². The number of amides is 1. The highest BCUT2D eigenvalue weighted by atomic mass is 32.1. The number of esters is 1. The summed E-state index contributed by atoms with van der Waals surface area (Å²) in [5.74, 6) is 0.227. The van der Waals surface area contributed by atoms with Gasteiger partial charge in [-0.05, 0) is 67.9 Å². The second-order valence-electron chi connectivity index (χ2n) is 6.98. The lowest BCUT2D eigenvalue weighted by atomic mass is 9.96. The molecule has 1 aromatic heterocycles. The summed E-state index contributed by atoms with van der Waals surface area (Å²) in [5.41, 5.74) is 3.74. The molecule has 1 amide bonds. The highest BCUT2D eigenvalue weighted by Gasteiger charge is 2.25. The minimum atomic E-state index is -0.380. The number of hydrogen-bond donors (Lipinski definition) is 0. The van der Waals surface area contributed by atoms with Crippen molar-refractivity contribution in [2.45, 2.75) is 38.5 Å². The van der Waals surface area contributed by atoms with Crippen LogP contribution in [-0.2, 0) is 28.8 Å². The molecule has 0 saturated carbocycles. The largest absolute Gasteiger partial charge is 0.497 e. The Kier molecular flexibility index (Phi) is 5.16. The molecule has 142 valence electrons. The molecule has 2 aromatic rings. The molecule has 5 nitrogen and oxygen atoms in total. The van der Waals surface area contributed by atoms with E-state index in [2.05, 4.69) is 0 Å². The third-order valence-electron chi connectivity index (χ3n) is 5.31. The zero-order valence-electron chi connectivity index (χ0n) is 15.5. The number of nitrogens with zero attached hydrogens (tertiary/aromatic N) is 1. The molecule has 0 atom stereocenters. The molecule has 0 unspecified atom stereocenters. The SMILES string of the molecule is COc1ccc2c(c1)CCCN2C(=O)COC(=O)c1csc2c1CCCC2. The number of carbonyl (C=O) groups excluding carboxylic acids is 2. The topological polar surface area (TPSA) is 55.8 Å². The van der Waals surface area contributed by atoms with Crippen LogP contribution in [0.4, 0.5) is 5.69 Å². The predicted octanol–water partition coefficient (Wildman–Crippen LogP) is 3.77. The first-order chi connectivity index (χ1) is 13.2. The molecular weight excluding hydrogens is 362 g/mol. The van der Waals surface area contributed by atoms with E-state index in [1.165, 1.54) is 11.3 Å². The first kappa shape index (κ1) is 18.0. The summed E-state index contributed by atoms with van der Waals surface area (Å²) < 4.78 is 10.6. The van der Waals surface area contributed by atoms with E-state index in [0.717, 1.165) is 54.7 Å². The van der Waals surface area contributed by atoms with E-state index in [1.54, 1.807) is 23.3 Å². The zero-order valence-corrected chi connectivity index (χ0v) is 16.3. The molecule has 0 saturated heterocycles. The van der Waals surface area contributed by atoms with Crippen LogP contribution in [0.15, 0.2) is 23.6 Å². The van der Waals surface area contributed by atoms with Crippen LogP contribution in [0.5, 0.6) is 5.75 Å². The lowest BCUT2D eigenvalue weighted by Crippen LogP contribution is -2.38. The Balaban J connectivity index is 1.43. The number of methoxy groups -OCH3 is 1. The van der Waals surface area contributed by atoms with Gasteiger partial charge >= 0.3 is 5.97 Å². The Bertz CT molecular complexity index is 873. The van der Waals surface area contributed by atoms with Crippen LogP contribution in [0.25, 0.3) is 0 Å². The summed E-state index contributed by atoms with van der Waals surface area (Å²) in [5, 5.41) is 1.88. The van der Waals surface area contributed by atoms with Crippen molar-refractivity contribution in [1.82, 2.24) is 0 Å². The molecule has 2 heterocycles. The smallest absolute Gasteiger partial charge is 0.339 e. The minimum absolute atomic E-state index is 0.182. The minimum Gasteiger partial charge on any atom is -0.497 e. The average molecular weight is 385 g/mol. The summed E-state index contributed by atoms with van der Waals surface area (Å²) in [4.78, 5) is 28.2. The number of aryl methyl sites for hydroxylation is 2. The number of hydrogen-bond acceptors (Lipinski definition) is 5. The Morgan fingerprint density at radius 3 is 2.85 bits per heavy atom. The van der Waals surface area contributed by atoms with Gasteiger partial charge in [0, 0.05) is 22.5 Å². The third kappa shape index (κ3) is 3.58. The van der Waals surface area contributed by atoms with Crippen molar-refractivity contribution in [3.8, 4) is 5.75 Å². The highest BCUT2D eigenvalue weighted by Crippen LogP contribution is 2.32. The Hall–Kier alpha value is -2.34. The fourth-order valence-electron chi connectivity index (χ4n) is 3.91. The van der Waals surface area contributed by atoms with Crippen molar-refractivity contribution >= 4 is 28.9 Å². The molecule has 0 bridgehead atoms. The second kappa shape index (κ2) is 7.72. The Labute approximate surface area is 162 Å². The zero-order chi connectivity index (χ0) is 18.8. The fourth-order valence-corrected chi connectivity index (χ4v) is 5.02. The average Bonchev–Trinajstić information content (AvgIpc) is 3.15. The van der Waals surface area contributed by atoms with Crippen molar-refractivity contribution in [3.05, 3.63) is 45.1 Å². The molecule has 4 rings (SSSR count). The predicted molar refractivity (Wildman–Crippen MR) is 105 cm³/mol. The number of rotatable bonds is 4. The van der Waals surface area contributed by atoms with Crippen LogP contribution in [-0.4, -0.2) is 32.1 Å². The van der Waals surface area contributed by atoms with Gasteiger partial charge in [-0.3, -0.25) is 4.79 Å². The van der Waals surface area contributed by atoms with Gasteiger partial charge in [-0.1, -0.05) is 0 Å². The molecule has 0 radical (unpaired) electrons. The lowest BCUT2D eigenvalue weighted by Gasteiger charge is -2.29. The van der Waals surface area contributed by atoms with Crippen LogP contribution < -0.4 is 9.64 Å². The van der Waals surface area contributed by atoms with Gasteiger partial charge in [0.05, 0.1) is 12.7 Å². The standard InChI is InChI=1S/C21H23NO4S/c1-25-15-8-9-18-14(11-15)5-4-10-22(18)20(23)12-26-21(24)17-13-27-19-7-3-2-6-16(17)19/h8-9,11,13H,2-7,10,12H2,1H3. The molecule has 1 aromatic carbocycles. The monoisotopic (exact) mass is 385 g/mol. The lowest BCUT2D eigenvalue weighted by molar-refractivity contribution is -0.121. The van der Waals surface area contributed by atoms with Gasteiger partial charge in [0.15, 0.2) is 6.61 Å². The van der Waals surface area contributed by atoms with E-state index < -0.39 is 0 Å². The number of carbonyl (C=O) groups is 2. The van der Waals surface area contributed by atoms with E-state index in [4.69, 9.17) is 9.47 Å². The number of ether oxygens (including phenoxy) is 2. The van der Waals surface area contributed by atoms with E-state index in [-0.39, 0.29) is 18.5 Å². The molecule has 6 heteroatoms. The van der Waals surface area contributed by atoms with Crippen molar-refractivity contribution < 1.29 is 19.1 Å². The van der Waals surface area contributed by atoms with E-state index >= 15 is 0 Å². The second-order valence-corrected chi connectivity index (χ2v) is 7.94. The maximum Gasteiger partial charge on any atom is 0.339 e. The molecule has 0 fully saturated rings. The summed E-state index contributed by atoms with van der Waals surface area (Å²) in [7, 11) is 1.64. The van der Waals surface area contributed by atoms with Gasteiger partial charge in [-0.2, -0.15) is 0 Å². The summed E-state index contributed by atoms with van der Waals surface area (Å²) in [6, 6.07) is 5.73. The van der Waals surface area contributed by atoms with Crippen LogP contribution >= 0.6 is 11.3 Å². The Morgan fingerprint density at radius 1 is 1.15 bits per heavy atom. The number of anilines is 1. The van der Waals surface area contributed by atoms with Crippen molar-refractivity contribution in [2.24, 2.45) is 0 Å². The normalized spacial score (nSPS) is 15.7. The van der Waals surface area contributed by atoms with E-state index in [0.29, 0.717) is 12.1 Å². The van der Waals surface area contributed by atoms with Crippen LogP contribution in [0.1, 0.15) is 45.6 Å². The summed E-state index contributed by atoms with van der Waals surface area (Å²) >= 11 is 1.63. The molecule has 27 heavy (non-hydrogen) atoms. The molecule has 1 aliphatic heterocycles. The number of benzene rings is 1. The van der Waals surface area contributed by atoms with Crippen LogP contribution in [0.2, 0.25) is 0 Å². The van der Waals surface area contributed by atoms with Crippen LogP contribution in [0.3, 0.4) is 0 Å². The molecule has 0 spiro atoms. The Morgan fingerprint density at radius 2 is 2.00 bits per heavy atom. The molecule has 1 aliphatic carbocycles. The maximum absolute atomic E-state index is 12.7. The van der Waals surface area contributed by atoms with Gasteiger partial charge in [0.1, 0.15) is 5.75 Å². The summed E-state index contributed by atoms with van der Waals surface area (Å²) in [6.45, 7) is 0.415. The molecule has 2 aliphatic rings. The van der Waals surface area contributed by atoms with E-state index in [9.17, 15) is 9.59 Å². The first-order valence-electron chi connectivity index (χ1n) is 9.41. The molecular formula is C21H23NO4S. The molecule has 0 N–H and O–H groups in total. The first-order valence-corrected chi connectivity index (χ1v) is 10.3. The number of fused-ring (bicyclic) bond motifs is 2. The fraction of sp³-hybridized carbons (Fsp3) is 0.429. The quantitative estimate of drug-likeness (QED) is 0.752. The van der Waals surface area contributed by atoms with Crippen molar-refractivity contribution in [3.63, 3.8) is 0 Å². The number of thiophene rings is 1. The van der Waals surface area contributed by atoms with Gasteiger partial charge in [0.2, 0.25) is 0 Å². The van der Waals surface area contributed by atoms with Crippen molar-refractivity contribution in [1.29, 1.82) is 0 Å². The maximum atomic E-state index is 12.7.